The largest absolute Gasteiger partial charge is 0.471 e. The molecule has 0 bridgehead atoms. The molecule has 0 N–H and O–H groups in total. The van der Waals surface area contributed by atoms with E-state index in [1.54, 1.807) is 6.07 Å². The molecule has 42 heavy (non-hydrogen) atoms. The summed E-state index contributed by atoms with van der Waals surface area (Å²) in [6.07, 6.45) is 2.80. The van der Waals surface area contributed by atoms with E-state index < -0.39 is 11.6 Å². The topological polar surface area (TPSA) is 102 Å². The van der Waals surface area contributed by atoms with Gasteiger partial charge in [0, 0.05) is 23.8 Å². The van der Waals surface area contributed by atoms with E-state index in [9.17, 15) is 13.6 Å². The fraction of sp³-hybridized carbons (Fsp3) is 0.400. The maximum absolute atomic E-state index is 14.5. The van der Waals surface area contributed by atoms with E-state index in [0.717, 1.165) is 66.9 Å². The van der Waals surface area contributed by atoms with Crippen LogP contribution < -0.4 is 4.74 Å². The third-order valence-corrected chi connectivity index (χ3v) is 8.84. The van der Waals surface area contributed by atoms with Gasteiger partial charge in [0.25, 0.3) is 5.88 Å². The Morgan fingerprint density at radius 3 is 2.64 bits per heavy atom. The average Bonchev–Trinajstić information content (AvgIpc) is 3.53. The SMILES string of the molecule is COC(=O)c1cc2c(nc(CN3CCC(c4ccc(F)c(OCc5ccc(C#N)cc5F)n4)CC3)n2CC2CCO2)s1. The number of aromatic nitrogens is 3. The Bertz CT molecular complexity index is 1650. The lowest BCUT2D eigenvalue weighted by Crippen LogP contribution is -2.35. The summed E-state index contributed by atoms with van der Waals surface area (Å²) in [6, 6.07) is 10.8. The molecule has 2 aliphatic heterocycles. The number of esters is 1. The van der Waals surface area contributed by atoms with Crippen LogP contribution in [-0.4, -0.2) is 58.3 Å². The molecule has 2 saturated heterocycles. The number of fused-ring (bicyclic) bond motifs is 1. The first-order valence-electron chi connectivity index (χ1n) is 13.8. The standard InChI is InChI=1S/C30H29F2N5O4S/c1-39-30(38)26-13-25-29(42-26)35-27(37(25)15-21-8-11-40-21)16-36-9-6-19(7-10-36)24-5-4-22(31)28(34-24)41-17-20-3-2-18(14-33)12-23(20)32/h2-5,12-13,19,21H,6-11,15-17H2,1H3. The summed E-state index contributed by atoms with van der Waals surface area (Å²) in [4.78, 5) is 25.1. The van der Waals surface area contributed by atoms with Crippen molar-refractivity contribution >= 4 is 27.7 Å². The molecule has 2 fully saturated rings. The van der Waals surface area contributed by atoms with Crippen LogP contribution in [0.3, 0.4) is 0 Å². The lowest BCUT2D eigenvalue weighted by atomic mass is 9.93. The molecule has 6 rings (SSSR count). The van der Waals surface area contributed by atoms with Gasteiger partial charge in [-0.15, -0.1) is 11.3 Å². The summed E-state index contributed by atoms with van der Waals surface area (Å²) in [5.74, 6) is -0.648. The normalized spacial score (nSPS) is 17.6. The van der Waals surface area contributed by atoms with E-state index in [0.29, 0.717) is 18.0 Å². The van der Waals surface area contributed by atoms with Crippen molar-refractivity contribution in [2.24, 2.45) is 0 Å². The van der Waals surface area contributed by atoms with Crippen molar-refractivity contribution < 1.29 is 27.8 Å². The Kier molecular flexibility index (Phi) is 8.15. The van der Waals surface area contributed by atoms with Crippen LogP contribution in [0.15, 0.2) is 36.4 Å². The van der Waals surface area contributed by atoms with Crippen molar-refractivity contribution in [2.75, 3.05) is 26.8 Å². The highest BCUT2D eigenvalue weighted by Gasteiger charge is 2.27. The number of carbonyl (C=O) groups excluding carboxylic acids is 1. The summed E-state index contributed by atoms with van der Waals surface area (Å²) >= 11 is 1.33. The molecule has 218 valence electrons. The second-order valence-corrected chi connectivity index (χ2v) is 11.5. The Balaban J connectivity index is 1.11. The van der Waals surface area contributed by atoms with E-state index in [4.69, 9.17) is 24.5 Å². The number of halogens is 2. The van der Waals surface area contributed by atoms with Crippen molar-refractivity contribution in [3.8, 4) is 11.9 Å². The molecule has 5 heterocycles. The minimum Gasteiger partial charge on any atom is -0.471 e. The molecule has 0 saturated carbocycles. The van der Waals surface area contributed by atoms with Crippen LogP contribution in [0.5, 0.6) is 5.88 Å². The third-order valence-electron chi connectivity index (χ3n) is 7.85. The van der Waals surface area contributed by atoms with Gasteiger partial charge < -0.3 is 18.8 Å². The lowest BCUT2D eigenvalue weighted by molar-refractivity contribution is -0.0592. The molecule has 12 heteroatoms. The van der Waals surface area contributed by atoms with Crippen LogP contribution >= 0.6 is 11.3 Å². The monoisotopic (exact) mass is 593 g/mol. The quantitative estimate of drug-likeness (QED) is 0.245. The molecule has 1 unspecified atom stereocenters. The van der Waals surface area contributed by atoms with Crippen molar-refractivity contribution in [3.05, 3.63) is 75.6 Å². The highest BCUT2D eigenvalue weighted by molar-refractivity contribution is 7.20. The van der Waals surface area contributed by atoms with Crippen LogP contribution in [0, 0.1) is 23.0 Å². The number of rotatable bonds is 9. The molecule has 2 aliphatic rings. The van der Waals surface area contributed by atoms with E-state index in [1.165, 1.54) is 36.6 Å². The maximum atomic E-state index is 14.5. The first kappa shape index (κ1) is 28.2. The number of carbonyl (C=O) groups is 1. The molecule has 0 amide bonds. The summed E-state index contributed by atoms with van der Waals surface area (Å²) in [5.41, 5.74) is 2.09. The van der Waals surface area contributed by atoms with Gasteiger partial charge in [-0.25, -0.2) is 23.5 Å². The Labute approximate surface area is 245 Å². The number of ether oxygens (including phenoxy) is 3. The number of nitrogens with zero attached hydrogens (tertiary/aromatic N) is 5. The summed E-state index contributed by atoms with van der Waals surface area (Å²) in [7, 11) is 1.37. The highest BCUT2D eigenvalue weighted by atomic mass is 32.1. The van der Waals surface area contributed by atoms with Crippen molar-refractivity contribution in [1.82, 2.24) is 19.4 Å². The van der Waals surface area contributed by atoms with E-state index in [1.807, 2.05) is 12.1 Å². The fourth-order valence-electron chi connectivity index (χ4n) is 5.35. The Hall–Kier alpha value is -3.92. The van der Waals surface area contributed by atoms with Gasteiger partial charge in [0.05, 0.1) is 43.5 Å². The maximum Gasteiger partial charge on any atom is 0.348 e. The van der Waals surface area contributed by atoms with E-state index >= 15 is 0 Å². The van der Waals surface area contributed by atoms with Crippen molar-refractivity contribution in [3.63, 3.8) is 0 Å². The van der Waals surface area contributed by atoms with Gasteiger partial charge in [0.15, 0.2) is 5.82 Å². The second-order valence-electron chi connectivity index (χ2n) is 10.5. The van der Waals surface area contributed by atoms with Crippen molar-refractivity contribution in [2.45, 2.75) is 51.0 Å². The van der Waals surface area contributed by atoms with Gasteiger partial charge in [-0.05, 0) is 62.7 Å². The first-order valence-corrected chi connectivity index (χ1v) is 14.6. The zero-order chi connectivity index (χ0) is 29.2. The number of hydrogen-bond donors (Lipinski definition) is 0. The van der Waals surface area contributed by atoms with Crippen LogP contribution in [-0.2, 0) is 29.2 Å². The minimum absolute atomic E-state index is 0.130. The number of pyridine rings is 1. The Morgan fingerprint density at radius 2 is 1.95 bits per heavy atom. The van der Waals surface area contributed by atoms with E-state index in [2.05, 4.69) is 14.5 Å². The molecular formula is C30H29F2N5O4S. The van der Waals surface area contributed by atoms with Gasteiger partial charge in [0.1, 0.15) is 28.0 Å². The van der Waals surface area contributed by atoms with Gasteiger partial charge in [-0.1, -0.05) is 6.07 Å². The summed E-state index contributed by atoms with van der Waals surface area (Å²) in [5, 5.41) is 8.92. The molecule has 9 nitrogen and oxygen atoms in total. The molecule has 0 spiro atoms. The molecular weight excluding hydrogens is 564 g/mol. The molecule has 0 radical (unpaired) electrons. The van der Waals surface area contributed by atoms with Crippen LogP contribution in [0.25, 0.3) is 10.3 Å². The molecule has 3 aromatic heterocycles. The van der Waals surface area contributed by atoms with E-state index in [-0.39, 0.29) is 41.6 Å². The van der Waals surface area contributed by atoms with Crippen LogP contribution in [0.4, 0.5) is 8.78 Å². The zero-order valence-electron chi connectivity index (χ0n) is 23.0. The van der Waals surface area contributed by atoms with Crippen LogP contribution in [0.2, 0.25) is 0 Å². The molecule has 1 atom stereocenters. The van der Waals surface area contributed by atoms with Gasteiger partial charge in [0.2, 0.25) is 0 Å². The number of benzene rings is 1. The molecule has 0 aliphatic carbocycles. The number of thiophene rings is 1. The summed E-state index contributed by atoms with van der Waals surface area (Å²) < 4.78 is 47.0. The van der Waals surface area contributed by atoms with Crippen LogP contribution in [0.1, 0.15) is 57.5 Å². The number of imidazole rings is 1. The number of methoxy groups -OCH3 is 1. The molecule has 4 aromatic rings. The second kappa shape index (κ2) is 12.1. The van der Waals surface area contributed by atoms with Crippen molar-refractivity contribution in [1.29, 1.82) is 5.26 Å². The number of hydrogen-bond acceptors (Lipinski definition) is 9. The predicted octanol–water partition coefficient (Wildman–Crippen LogP) is 5.18. The number of likely N-dealkylation sites (tertiary alicyclic amines) is 1. The average molecular weight is 594 g/mol. The van der Waals surface area contributed by atoms with Gasteiger partial charge in [-0.3, -0.25) is 4.90 Å². The van der Waals surface area contributed by atoms with Gasteiger partial charge >= 0.3 is 5.97 Å². The minimum atomic E-state index is -0.608. The lowest BCUT2D eigenvalue weighted by Gasteiger charge is -2.32. The zero-order valence-corrected chi connectivity index (χ0v) is 23.8. The third kappa shape index (κ3) is 5.86. The molecule has 1 aromatic carbocycles. The number of nitriles is 1. The first-order chi connectivity index (χ1) is 20.4. The highest BCUT2D eigenvalue weighted by Crippen LogP contribution is 2.32. The fourth-order valence-corrected chi connectivity index (χ4v) is 6.32. The predicted molar refractivity (Wildman–Crippen MR) is 150 cm³/mol. The van der Waals surface area contributed by atoms with Gasteiger partial charge in [-0.2, -0.15) is 5.26 Å². The number of piperidine rings is 1. The summed E-state index contributed by atoms with van der Waals surface area (Å²) in [6.45, 7) is 3.54. The Morgan fingerprint density at radius 1 is 1.14 bits per heavy atom. The smallest absolute Gasteiger partial charge is 0.348 e.